The number of likely N-dealkylation sites (N-methyl/N-ethyl adjacent to an activating group) is 1. The predicted molar refractivity (Wildman–Crippen MR) is 75.5 cm³/mol. The maximum absolute atomic E-state index is 9.13. The van der Waals surface area contributed by atoms with Crippen molar-refractivity contribution in [3.8, 4) is 0 Å². The Kier molecular flexibility index (Phi) is 5.64. The third-order valence-electron chi connectivity index (χ3n) is 4.09. The van der Waals surface area contributed by atoms with E-state index in [4.69, 9.17) is 10.8 Å². The molecule has 0 bridgehead atoms. The summed E-state index contributed by atoms with van der Waals surface area (Å²) in [7, 11) is 4.40. The molecule has 1 heterocycles. The molecule has 0 aromatic heterocycles. The molecule has 1 aromatic carbocycles. The van der Waals surface area contributed by atoms with Gasteiger partial charge in [0.05, 0.1) is 27.2 Å². The largest absolute Gasteiger partial charge is 1.00 e. The fraction of sp³-hybridized carbons (Fsp3) is 0.571. The molecule has 1 unspecified atom stereocenters. The first-order chi connectivity index (χ1) is 8.53. The van der Waals surface area contributed by atoms with E-state index in [-0.39, 0.29) is 23.6 Å². The highest BCUT2D eigenvalue weighted by Crippen LogP contribution is 2.25. The summed E-state index contributed by atoms with van der Waals surface area (Å²) in [5, 5.41) is 9.13. The fourth-order valence-electron chi connectivity index (χ4n) is 2.67. The molecule has 1 saturated heterocycles. The zero-order valence-corrected chi connectivity index (χ0v) is 13.3. The SMILES string of the molecule is C[N+](C)(CCO)C1CCN(c2ccc(N)cc2)C1.[Br-]. The molecule has 0 amide bonds. The molecule has 3 N–H and O–H groups in total. The summed E-state index contributed by atoms with van der Waals surface area (Å²) in [6.45, 7) is 3.21. The van der Waals surface area contributed by atoms with Crippen molar-refractivity contribution in [3.05, 3.63) is 24.3 Å². The lowest BCUT2D eigenvalue weighted by atomic mass is 10.2. The fourth-order valence-corrected chi connectivity index (χ4v) is 2.67. The lowest BCUT2D eigenvalue weighted by molar-refractivity contribution is -0.912. The Morgan fingerprint density at radius 2 is 1.95 bits per heavy atom. The number of benzene rings is 1. The molecular weight excluding hydrogens is 306 g/mol. The van der Waals surface area contributed by atoms with Crippen LogP contribution in [0, 0.1) is 0 Å². The van der Waals surface area contributed by atoms with Crippen LogP contribution >= 0.6 is 0 Å². The molecule has 5 heteroatoms. The number of nitrogens with zero attached hydrogens (tertiary/aromatic N) is 2. The van der Waals surface area contributed by atoms with Crippen molar-refractivity contribution < 1.29 is 26.6 Å². The van der Waals surface area contributed by atoms with Crippen molar-refractivity contribution in [2.45, 2.75) is 12.5 Å². The second-order valence-electron chi connectivity index (χ2n) is 5.71. The van der Waals surface area contributed by atoms with E-state index < -0.39 is 0 Å². The molecule has 1 fully saturated rings. The third-order valence-corrected chi connectivity index (χ3v) is 4.09. The van der Waals surface area contributed by atoms with Gasteiger partial charge in [0.2, 0.25) is 0 Å². The molecule has 1 atom stereocenters. The molecule has 0 spiro atoms. The zero-order chi connectivity index (χ0) is 13.2. The van der Waals surface area contributed by atoms with Gasteiger partial charge in [-0.25, -0.2) is 0 Å². The average molecular weight is 330 g/mol. The van der Waals surface area contributed by atoms with Crippen molar-refractivity contribution in [1.82, 2.24) is 0 Å². The van der Waals surface area contributed by atoms with E-state index in [0.717, 1.165) is 29.8 Å². The normalized spacial score (nSPS) is 19.3. The van der Waals surface area contributed by atoms with Gasteiger partial charge < -0.3 is 37.2 Å². The topological polar surface area (TPSA) is 49.5 Å². The molecule has 2 rings (SSSR count). The molecule has 0 aliphatic carbocycles. The van der Waals surface area contributed by atoms with Gasteiger partial charge in [-0.05, 0) is 24.3 Å². The second-order valence-corrected chi connectivity index (χ2v) is 5.71. The van der Waals surface area contributed by atoms with Crippen LogP contribution in [0.25, 0.3) is 0 Å². The smallest absolute Gasteiger partial charge is 0.108 e. The second kappa shape index (κ2) is 6.59. The maximum Gasteiger partial charge on any atom is 0.108 e. The highest BCUT2D eigenvalue weighted by atomic mass is 79.9. The third kappa shape index (κ3) is 3.84. The zero-order valence-electron chi connectivity index (χ0n) is 11.7. The van der Waals surface area contributed by atoms with Crippen molar-refractivity contribution in [1.29, 1.82) is 0 Å². The molecule has 0 radical (unpaired) electrons. The molecule has 1 aliphatic heterocycles. The number of hydrogen-bond acceptors (Lipinski definition) is 3. The number of aliphatic hydroxyl groups excluding tert-OH is 1. The van der Waals surface area contributed by atoms with Crippen LogP contribution in [-0.2, 0) is 0 Å². The van der Waals surface area contributed by atoms with Gasteiger partial charge in [-0.15, -0.1) is 0 Å². The van der Waals surface area contributed by atoms with Gasteiger partial charge in [-0.2, -0.15) is 0 Å². The Bertz CT molecular complexity index is 394. The average Bonchev–Trinajstić information content (AvgIpc) is 2.80. The molecule has 19 heavy (non-hydrogen) atoms. The van der Waals surface area contributed by atoms with Gasteiger partial charge >= 0.3 is 0 Å². The Hall–Kier alpha value is -0.780. The Labute approximate surface area is 126 Å². The first-order valence-corrected chi connectivity index (χ1v) is 6.57. The highest BCUT2D eigenvalue weighted by molar-refractivity contribution is 5.53. The van der Waals surface area contributed by atoms with Crippen LogP contribution in [0.4, 0.5) is 11.4 Å². The standard InChI is InChI=1S/C14H24N3O.BrH/c1-17(2,9-10-18)14-7-8-16(11-14)13-5-3-12(15)4-6-13;/h3-6,14,18H,7-11,15H2,1-2H3;1H/q+1;/p-1. The monoisotopic (exact) mass is 329 g/mol. The van der Waals surface area contributed by atoms with Gasteiger partial charge in [-0.1, -0.05) is 0 Å². The highest BCUT2D eigenvalue weighted by Gasteiger charge is 2.34. The van der Waals surface area contributed by atoms with Crippen LogP contribution in [0.15, 0.2) is 24.3 Å². The summed E-state index contributed by atoms with van der Waals surface area (Å²) >= 11 is 0. The van der Waals surface area contributed by atoms with E-state index >= 15 is 0 Å². The quantitative estimate of drug-likeness (QED) is 0.492. The lowest BCUT2D eigenvalue weighted by Gasteiger charge is -2.35. The van der Waals surface area contributed by atoms with Crippen LogP contribution in [0.5, 0.6) is 0 Å². The number of hydrogen-bond donors (Lipinski definition) is 2. The predicted octanol–water partition coefficient (Wildman–Crippen LogP) is -2.08. The Morgan fingerprint density at radius 1 is 1.32 bits per heavy atom. The summed E-state index contributed by atoms with van der Waals surface area (Å²) in [5.74, 6) is 0. The molecular formula is C14H24BrN3O. The van der Waals surface area contributed by atoms with Crippen LogP contribution < -0.4 is 27.6 Å². The Morgan fingerprint density at radius 3 is 2.53 bits per heavy atom. The van der Waals surface area contributed by atoms with Gasteiger partial charge in [0.1, 0.15) is 12.6 Å². The van der Waals surface area contributed by atoms with E-state index in [0.29, 0.717) is 6.04 Å². The molecule has 4 nitrogen and oxygen atoms in total. The van der Waals surface area contributed by atoms with Gasteiger partial charge in [0.15, 0.2) is 0 Å². The molecule has 1 aliphatic rings. The van der Waals surface area contributed by atoms with E-state index in [1.807, 2.05) is 12.1 Å². The van der Waals surface area contributed by atoms with Crippen molar-refractivity contribution in [2.24, 2.45) is 0 Å². The van der Waals surface area contributed by atoms with Crippen molar-refractivity contribution in [2.75, 3.05) is 51.0 Å². The summed E-state index contributed by atoms with van der Waals surface area (Å²) < 4.78 is 0.891. The van der Waals surface area contributed by atoms with Crippen LogP contribution in [-0.4, -0.2) is 56.0 Å². The van der Waals surface area contributed by atoms with E-state index in [9.17, 15) is 0 Å². The minimum atomic E-state index is 0. The van der Waals surface area contributed by atoms with Crippen LogP contribution in [0.2, 0.25) is 0 Å². The number of halogens is 1. The lowest BCUT2D eigenvalue weighted by Crippen LogP contribution is -3.00. The molecule has 0 saturated carbocycles. The summed E-state index contributed by atoms with van der Waals surface area (Å²) in [6.07, 6.45) is 1.18. The van der Waals surface area contributed by atoms with Gasteiger partial charge in [-0.3, -0.25) is 0 Å². The van der Waals surface area contributed by atoms with E-state index in [1.54, 1.807) is 0 Å². The van der Waals surface area contributed by atoms with Gasteiger partial charge in [0, 0.05) is 24.3 Å². The number of aliphatic hydroxyl groups is 1. The minimum Gasteiger partial charge on any atom is -1.00 e. The Balaban J connectivity index is 0.00000180. The summed E-state index contributed by atoms with van der Waals surface area (Å²) in [5.41, 5.74) is 7.77. The van der Waals surface area contributed by atoms with Crippen molar-refractivity contribution in [3.63, 3.8) is 0 Å². The summed E-state index contributed by atoms with van der Waals surface area (Å²) in [4.78, 5) is 2.40. The maximum atomic E-state index is 9.13. The number of anilines is 2. The van der Waals surface area contributed by atoms with E-state index in [1.165, 1.54) is 12.1 Å². The first-order valence-electron chi connectivity index (χ1n) is 6.57. The number of quaternary nitrogens is 1. The first kappa shape index (κ1) is 16.3. The number of nitrogens with two attached hydrogens (primary N) is 1. The number of nitrogen functional groups attached to an aromatic ring is 1. The van der Waals surface area contributed by atoms with Gasteiger partial charge in [0.25, 0.3) is 0 Å². The van der Waals surface area contributed by atoms with E-state index in [2.05, 4.69) is 31.1 Å². The number of rotatable bonds is 4. The van der Waals surface area contributed by atoms with Crippen molar-refractivity contribution >= 4 is 11.4 Å². The van der Waals surface area contributed by atoms with Crippen LogP contribution in [0.1, 0.15) is 6.42 Å². The molecule has 1 aromatic rings. The van der Waals surface area contributed by atoms with Crippen LogP contribution in [0.3, 0.4) is 0 Å². The minimum absolute atomic E-state index is 0. The summed E-state index contributed by atoms with van der Waals surface area (Å²) in [6, 6.07) is 8.68. The molecule has 108 valence electrons.